The first-order chi connectivity index (χ1) is 9.72. The van der Waals surface area contributed by atoms with Gasteiger partial charge < -0.3 is 5.73 Å². The lowest BCUT2D eigenvalue weighted by molar-refractivity contribution is 1.11. The fourth-order valence-corrected chi connectivity index (χ4v) is 3.17. The lowest BCUT2D eigenvalue weighted by Gasteiger charge is -2.06. The highest BCUT2D eigenvalue weighted by Gasteiger charge is 2.11. The summed E-state index contributed by atoms with van der Waals surface area (Å²) in [6.45, 7) is 2.07. The van der Waals surface area contributed by atoms with Crippen LogP contribution in [0.25, 0.3) is 26.9 Å². The van der Waals surface area contributed by atoms with Crippen LogP contribution in [-0.4, -0.2) is 14.5 Å². The van der Waals surface area contributed by atoms with Crippen LogP contribution < -0.4 is 5.73 Å². The van der Waals surface area contributed by atoms with E-state index in [4.69, 9.17) is 5.73 Å². The quantitative estimate of drug-likeness (QED) is 0.580. The van der Waals surface area contributed by atoms with Gasteiger partial charge in [-0.3, -0.25) is 4.57 Å². The first kappa shape index (κ1) is 11.4. The van der Waals surface area contributed by atoms with E-state index < -0.39 is 0 Å². The van der Waals surface area contributed by atoms with E-state index in [1.165, 1.54) is 5.56 Å². The van der Waals surface area contributed by atoms with Gasteiger partial charge in [0, 0.05) is 0 Å². The van der Waals surface area contributed by atoms with Crippen molar-refractivity contribution in [1.29, 1.82) is 0 Å². The Bertz CT molecular complexity index is 936. The molecular weight excluding hydrogens is 268 g/mol. The molecule has 2 aromatic carbocycles. The van der Waals surface area contributed by atoms with Crippen molar-refractivity contribution in [2.45, 2.75) is 6.92 Å². The summed E-state index contributed by atoms with van der Waals surface area (Å²) >= 11 is 1.63. The summed E-state index contributed by atoms with van der Waals surface area (Å²) in [4.78, 5) is 8.73. The summed E-state index contributed by atoms with van der Waals surface area (Å²) in [5.41, 5.74) is 13.1. The average Bonchev–Trinajstić information content (AvgIpc) is 3.00. The maximum absolute atomic E-state index is 6.09. The molecule has 5 heteroatoms. The number of benzene rings is 2. The second-order valence-corrected chi connectivity index (χ2v) is 5.69. The Balaban J connectivity index is 2.05. The van der Waals surface area contributed by atoms with Crippen LogP contribution in [0.5, 0.6) is 0 Å². The molecule has 0 aliphatic heterocycles. The van der Waals surface area contributed by atoms with Gasteiger partial charge >= 0.3 is 0 Å². The predicted molar refractivity (Wildman–Crippen MR) is 83.4 cm³/mol. The zero-order valence-corrected chi connectivity index (χ0v) is 11.7. The van der Waals surface area contributed by atoms with Gasteiger partial charge in [-0.25, -0.2) is 9.97 Å². The fraction of sp³-hybridized carbons (Fsp3) is 0.0667. The normalized spacial score (nSPS) is 11.4. The van der Waals surface area contributed by atoms with Gasteiger partial charge in [-0.15, -0.1) is 11.3 Å². The van der Waals surface area contributed by atoms with Crippen LogP contribution in [0.2, 0.25) is 0 Å². The Kier molecular flexibility index (Phi) is 2.31. The van der Waals surface area contributed by atoms with Crippen molar-refractivity contribution < 1.29 is 0 Å². The Labute approximate surface area is 119 Å². The molecule has 0 saturated carbocycles. The molecule has 0 saturated heterocycles. The second kappa shape index (κ2) is 4.05. The highest BCUT2D eigenvalue weighted by molar-refractivity contribution is 7.16. The Hall–Kier alpha value is -2.40. The number of hydrogen-bond acceptors (Lipinski definition) is 4. The van der Waals surface area contributed by atoms with E-state index in [2.05, 4.69) is 29.0 Å². The van der Waals surface area contributed by atoms with Crippen LogP contribution in [0.4, 0.5) is 5.95 Å². The van der Waals surface area contributed by atoms with Gasteiger partial charge in [-0.1, -0.05) is 6.07 Å². The third-order valence-electron chi connectivity index (χ3n) is 3.41. The predicted octanol–water partition coefficient (Wildman–Crippen LogP) is 3.53. The van der Waals surface area contributed by atoms with E-state index in [0.717, 1.165) is 26.9 Å². The number of thiazole rings is 1. The Morgan fingerprint density at radius 2 is 1.95 bits per heavy atom. The van der Waals surface area contributed by atoms with Crippen LogP contribution in [0.1, 0.15) is 5.56 Å². The molecule has 4 nitrogen and oxygen atoms in total. The van der Waals surface area contributed by atoms with Crippen molar-refractivity contribution in [3.63, 3.8) is 0 Å². The standard InChI is InChI=1S/C15H12N4S/c1-9-2-4-11-13(6-9)19(15(16)18-11)10-3-5-12-14(7-10)20-8-17-12/h2-8H,1H3,(H2,16,18). The third-order valence-corrected chi connectivity index (χ3v) is 4.20. The largest absolute Gasteiger partial charge is 0.369 e. The SMILES string of the molecule is Cc1ccc2nc(N)n(-c3ccc4ncsc4c3)c2c1. The number of nitrogen functional groups attached to an aromatic ring is 1. The lowest BCUT2D eigenvalue weighted by atomic mass is 10.2. The second-order valence-electron chi connectivity index (χ2n) is 4.80. The summed E-state index contributed by atoms with van der Waals surface area (Å²) in [6.07, 6.45) is 0. The molecule has 98 valence electrons. The van der Waals surface area contributed by atoms with Crippen LogP contribution in [0.15, 0.2) is 41.9 Å². The summed E-state index contributed by atoms with van der Waals surface area (Å²) in [5.74, 6) is 0.509. The number of fused-ring (bicyclic) bond motifs is 2. The molecule has 2 N–H and O–H groups in total. The molecule has 0 fully saturated rings. The number of rotatable bonds is 1. The minimum Gasteiger partial charge on any atom is -0.369 e. The molecule has 4 aromatic rings. The van der Waals surface area contributed by atoms with E-state index >= 15 is 0 Å². The number of anilines is 1. The summed E-state index contributed by atoms with van der Waals surface area (Å²) in [5, 5.41) is 0. The van der Waals surface area contributed by atoms with Gasteiger partial charge in [0.15, 0.2) is 0 Å². The van der Waals surface area contributed by atoms with E-state index in [1.54, 1.807) is 11.3 Å². The van der Waals surface area contributed by atoms with Gasteiger partial charge in [0.1, 0.15) is 0 Å². The maximum atomic E-state index is 6.09. The van der Waals surface area contributed by atoms with E-state index in [0.29, 0.717) is 5.95 Å². The van der Waals surface area contributed by atoms with Crippen LogP contribution >= 0.6 is 11.3 Å². The molecule has 0 spiro atoms. The van der Waals surface area contributed by atoms with Crippen LogP contribution in [-0.2, 0) is 0 Å². The van der Waals surface area contributed by atoms with Crippen LogP contribution in [0, 0.1) is 6.92 Å². The Morgan fingerprint density at radius 3 is 2.85 bits per heavy atom. The molecule has 0 atom stereocenters. The summed E-state index contributed by atoms with van der Waals surface area (Å²) in [7, 11) is 0. The van der Waals surface area contributed by atoms with Gasteiger partial charge in [-0.2, -0.15) is 0 Å². The molecule has 0 amide bonds. The number of nitrogens with zero attached hydrogens (tertiary/aromatic N) is 3. The van der Waals surface area contributed by atoms with Crippen LogP contribution in [0.3, 0.4) is 0 Å². The monoisotopic (exact) mass is 280 g/mol. The Morgan fingerprint density at radius 1 is 1.10 bits per heavy atom. The number of imidazole rings is 1. The minimum absolute atomic E-state index is 0.509. The van der Waals surface area contributed by atoms with Gasteiger partial charge in [0.25, 0.3) is 0 Å². The highest BCUT2D eigenvalue weighted by atomic mass is 32.1. The fourth-order valence-electron chi connectivity index (χ4n) is 2.46. The molecule has 2 heterocycles. The molecule has 0 unspecified atom stereocenters. The molecule has 20 heavy (non-hydrogen) atoms. The summed E-state index contributed by atoms with van der Waals surface area (Å²) < 4.78 is 3.14. The number of hydrogen-bond donors (Lipinski definition) is 1. The number of aromatic nitrogens is 3. The van der Waals surface area contributed by atoms with Crippen molar-refractivity contribution in [2.24, 2.45) is 0 Å². The molecule has 2 aromatic heterocycles. The van der Waals surface area contributed by atoms with Crippen molar-refractivity contribution in [3.8, 4) is 5.69 Å². The first-order valence-corrected chi connectivity index (χ1v) is 7.18. The van der Waals surface area contributed by atoms with Gasteiger partial charge in [0.05, 0.1) is 32.4 Å². The molecule has 4 rings (SSSR count). The maximum Gasteiger partial charge on any atom is 0.205 e. The highest BCUT2D eigenvalue weighted by Crippen LogP contribution is 2.27. The average molecular weight is 280 g/mol. The van der Waals surface area contributed by atoms with Gasteiger partial charge in [0.2, 0.25) is 5.95 Å². The van der Waals surface area contributed by atoms with Crippen molar-refractivity contribution in [3.05, 3.63) is 47.5 Å². The smallest absolute Gasteiger partial charge is 0.205 e. The van der Waals surface area contributed by atoms with Crippen molar-refractivity contribution >= 4 is 38.5 Å². The molecular formula is C15H12N4S. The van der Waals surface area contributed by atoms with Crippen molar-refractivity contribution in [2.75, 3.05) is 5.73 Å². The zero-order valence-electron chi connectivity index (χ0n) is 10.9. The van der Waals surface area contributed by atoms with E-state index in [9.17, 15) is 0 Å². The van der Waals surface area contributed by atoms with Crippen molar-refractivity contribution in [1.82, 2.24) is 14.5 Å². The number of aryl methyl sites for hydroxylation is 1. The first-order valence-electron chi connectivity index (χ1n) is 6.30. The minimum atomic E-state index is 0.509. The lowest BCUT2D eigenvalue weighted by Crippen LogP contribution is -2.00. The molecule has 0 bridgehead atoms. The topological polar surface area (TPSA) is 56.7 Å². The number of nitrogens with two attached hydrogens (primary N) is 1. The zero-order chi connectivity index (χ0) is 13.7. The summed E-state index contributed by atoms with van der Waals surface area (Å²) in [6, 6.07) is 12.3. The molecule has 0 aliphatic rings. The third kappa shape index (κ3) is 1.60. The van der Waals surface area contributed by atoms with E-state index in [-0.39, 0.29) is 0 Å². The van der Waals surface area contributed by atoms with Gasteiger partial charge in [-0.05, 0) is 42.8 Å². The van der Waals surface area contributed by atoms with E-state index in [1.807, 2.05) is 34.3 Å². The molecule has 0 aliphatic carbocycles. The molecule has 0 radical (unpaired) electrons.